The lowest BCUT2D eigenvalue weighted by Crippen LogP contribution is -2.10. The summed E-state index contributed by atoms with van der Waals surface area (Å²) >= 11 is 0. The first kappa shape index (κ1) is 17.6. The van der Waals surface area contributed by atoms with Crippen molar-refractivity contribution < 1.29 is 4.42 Å². The Bertz CT molecular complexity index is 848. The number of benzene rings is 2. The summed E-state index contributed by atoms with van der Waals surface area (Å²) in [5, 5.41) is 4.29. The van der Waals surface area contributed by atoms with Crippen molar-refractivity contribution in [1.82, 2.24) is 9.88 Å². The number of anilines is 1. The molecule has 0 saturated heterocycles. The standard InChI is InChI=1S/C21H22N4O/c1-25(2)15-19-5-3-18(4-6-19)13-23-24-20-10-7-17(8-11-20)9-12-21-14-22-16-26-21/h3-14,16,24H,15H2,1-2H3/b12-9?,23-13+. The first-order valence-corrected chi connectivity index (χ1v) is 8.38. The van der Waals surface area contributed by atoms with E-state index in [4.69, 9.17) is 4.42 Å². The fraction of sp³-hybridized carbons (Fsp3) is 0.143. The summed E-state index contributed by atoms with van der Waals surface area (Å²) in [5.74, 6) is 0.730. The van der Waals surface area contributed by atoms with Crippen LogP contribution < -0.4 is 5.43 Å². The smallest absolute Gasteiger partial charge is 0.181 e. The van der Waals surface area contributed by atoms with Crippen LogP contribution in [0.3, 0.4) is 0 Å². The fourth-order valence-corrected chi connectivity index (χ4v) is 2.41. The number of hydrazone groups is 1. The summed E-state index contributed by atoms with van der Waals surface area (Å²) in [6.07, 6.45) is 8.77. The molecule has 5 nitrogen and oxygen atoms in total. The SMILES string of the molecule is CN(C)Cc1ccc(/C=N/Nc2ccc(C=Cc3cnco3)cc2)cc1. The lowest BCUT2D eigenvalue weighted by molar-refractivity contribution is 0.402. The molecule has 0 aliphatic rings. The number of nitrogens with zero attached hydrogens (tertiary/aromatic N) is 3. The van der Waals surface area contributed by atoms with Gasteiger partial charge in [0.15, 0.2) is 6.39 Å². The molecule has 0 unspecified atom stereocenters. The highest BCUT2D eigenvalue weighted by Gasteiger charge is 1.95. The predicted octanol–water partition coefficient (Wildman–Crippen LogP) is 4.35. The molecule has 0 radical (unpaired) electrons. The van der Waals surface area contributed by atoms with Gasteiger partial charge in [0.25, 0.3) is 0 Å². The zero-order valence-electron chi connectivity index (χ0n) is 15.0. The van der Waals surface area contributed by atoms with E-state index in [1.165, 1.54) is 12.0 Å². The van der Waals surface area contributed by atoms with Gasteiger partial charge in [0.1, 0.15) is 5.76 Å². The number of hydrogen-bond acceptors (Lipinski definition) is 5. The average Bonchev–Trinajstić information content (AvgIpc) is 3.16. The Kier molecular flexibility index (Phi) is 5.96. The van der Waals surface area contributed by atoms with E-state index >= 15 is 0 Å². The van der Waals surface area contributed by atoms with Crippen LogP contribution in [0.25, 0.3) is 12.2 Å². The highest BCUT2D eigenvalue weighted by Crippen LogP contribution is 2.13. The van der Waals surface area contributed by atoms with E-state index in [1.54, 1.807) is 6.20 Å². The van der Waals surface area contributed by atoms with Crippen molar-refractivity contribution in [2.75, 3.05) is 19.5 Å². The topological polar surface area (TPSA) is 53.7 Å². The fourth-order valence-electron chi connectivity index (χ4n) is 2.41. The number of hydrogen-bond donors (Lipinski definition) is 1. The summed E-state index contributed by atoms with van der Waals surface area (Å²) in [4.78, 5) is 6.03. The Morgan fingerprint density at radius 2 is 1.73 bits per heavy atom. The van der Waals surface area contributed by atoms with Crippen LogP contribution in [0.5, 0.6) is 0 Å². The maximum Gasteiger partial charge on any atom is 0.181 e. The van der Waals surface area contributed by atoms with Crippen LogP contribution in [0.4, 0.5) is 5.69 Å². The zero-order chi connectivity index (χ0) is 18.2. The Morgan fingerprint density at radius 1 is 1.00 bits per heavy atom. The zero-order valence-corrected chi connectivity index (χ0v) is 15.0. The molecule has 1 N–H and O–H groups in total. The second-order valence-corrected chi connectivity index (χ2v) is 6.21. The van der Waals surface area contributed by atoms with Crippen molar-refractivity contribution in [3.8, 4) is 0 Å². The highest BCUT2D eigenvalue weighted by atomic mass is 16.3. The Labute approximate surface area is 153 Å². The molecule has 132 valence electrons. The summed E-state index contributed by atoms with van der Waals surface area (Å²) in [7, 11) is 4.13. The van der Waals surface area contributed by atoms with Gasteiger partial charge in [-0.2, -0.15) is 5.10 Å². The molecule has 0 aliphatic heterocycles. The van der Waals surface area contributed by atoms with E-state index in [1.807, 2.05) is 42.6 Å². The van der Waals surface area contributed by atoms with Gasteiger partial charge in [-0.15, -0.1) is 0 Å². The first-order valence-electron chi connectivity index (χ1n) is 8.38. The lowest BCUT2D eigenvalue weighted by Gasteiger charge is -2.09. The molecular formula is C21H22N4O. The largest absolute Gasteiger partial charge is 0.444 e. The number of rotatable bonds is 7. The van der Waals surface area contributed by atoms with Gasteiger partial charge in [-0.05, 0) is 49.0 Å². The van der Waals surface area contributed by atoms with E-state index in [9.17, 15) is 0 Å². The third kappa shape index (κ3) is 5.43. The van der Waals surface area contributed by atoms with Crippen molar-refractivity contribution in [3.05, 3.63) is 83.6 Å². The van der Waals surface area contributed by atoms with Crippen molar-refractivity contribution in [3.63, 3.8) is 0 Å². The molecule has 3 rings (SSSR count). The van der Waals surface area contributed by atoms with Crippen LogP contribution >= 0.6 is 0 Å². The second kappa shape index (κ2) is 8.78. The molecule has 0 aliphatic carbocycles. The number of nitrogens with one attached hydrogen (secondary N) is 1. The highest BCUT2D eigenvalue weighted by molar-refractivity contribution is 5.80. The lowest BCUT2D eigenvalue weighted by atomic mass is 10.1. The molecule has 0 saturated carbocycles. The van der Waals surface area contributed by atoms with E-state index in [0.717, 1.165) is 29.1 Å². The monoisotopic (exact) mass is 346 g/mol. The van der Waals surface area contributed by atoms with Crippen LogP contribution in [0.15, 0.2) is 70.6 Å². The molecule has 1 heterocycles. The van der Waals surface area contributed by atoms with Crippen molar-refractivity contribution in [2.45, 2.75) is 6.54 Å². The molecule has 3 aromatic rings. The van der Waals surface area contributed by atoms with Crippen LogP contribution in [0.1, 0.15) is 22.5 Å². The van der Waals surface area contributed by atoms with Gasteiger partial charge in [0.05, 0.1) is 18.1 Å². The molecule has 0 amide bonds. The van der Waals surface area contributed by atoms with Crippen molar-refractivity contribution in [1.29, 1.82) is 0 Å². The minimum absolute atomic E-state index is 0.730. The van der Waals surface area contributed by atoms with E-state index in [0.29, 0.717) is 0 Å². The van der Waals surface area contributed by atoms with Crippen molar-refractivity contribution in [2.24, 2.45) is 5.10 Å². The quantitative estimate of drug-likeness (QED) is 0.510. The van der Waals surface area contributed by atoms with Gasteiger partial charge < -0.3 is 9.32 Å². The van der Waals surface area contributed by atoms with Gasteiger partial charge in [0.2, 0.25) is 0 Å². The summed E-state index contributed by atoms with van der Waals surface area (Å²) in [6.45, 7) is 0.937. The van der Waals surface area contributed by atoms with Gasteiger partial charge in [0, 0.05) is 6.54 Å². The molecule has 5 heteroatoms. The van der Waals surface area contributed by atoms with E-state index < -0.39 is 0 Å². The Morgan fingerprint density at radius 3 is 2.38 bits per heavy atom. The van der Waals surface area contributed by atoms with Crippen LogP contribution in [-0.2, 0) is 6.54 Å². The normalized spacial score (nSPS) is 11.7. The first-order chi connectivity index (χ1) is 12.7. The van der Waals surface area contributed by atoms with Gasteiger partial charge in [-0.25, -0.2) is 4.98 Å². The molecule has 2 aromatic carbocycles. The summed E-state index contributed by atoms with van der Waals surface area (Å²) < 4.78 is 5.17. The minimum Gasteiger partial charge on any atom is -0.444 e. The number of aromatic nitrogens is 1. The average molecular weight is 346 g/mol. The third-order valence-corrected chi connectivity index (χ3v) is 3.69. The van der Waals surface area contributed by atoms with Gasteiger partial charge >= 0.3 is 0 Å². The molecule has 26 heavy (non-hydrogen) atoms. The minimum atomic E-state index is 0.730. The molecule has 1 aromatic heterocycles. The third-order valence-electron chi connectivity index (χ3n) is 3.69. The summed E-state index contributed by atoms with van der Waals surface area (Å²) in [5.41, 5.74) is 7.40. The molecular weight excluding hydrogens is 324 g/mol. The van der Waals surface area contributed by atoms with E-state index in [2.05, 4.69) is 58.8 Å². The second-order valence-electron chi connectivity index (χ2n) is 6.21. The molecule has 0 spiro atoms. The Balaban J connectivity index is 1.53. The number of oxazole rings is 1. The maximum atomic E-state index is 5.17. The van der Waals surface area contributed by atoms with E-state index in [-0.39, 0.29) is 0 Å². The van der Waals surface area contributed by atoms with Crippen LogP contribution in [-0.4, -0.2) is 30.2 Å². The van der Waals surface area contributed by atoms with Crippen molar-refractivity contribution >= 4 is 24.1 Å². The molecule has 0 atom stereocenters. The van der Waals surface area contributed by atoms with Crippen LogP contribution in [0.2, 0.25) is 0 Å². The molecule has 0 fully saturated rings. The van der Waals surface area contributed by atoms with Gasteiger partial charge in [-0.1, -0.05) is 42.5 Å². The maximum absolute atomic E-state index is 5.17. The molecule has 0 bridgehead atoms. The van der Waals surface area contributed by atoms with Crippen LogP contribution in [0, 0.1) is 0 Å². The van der Waals surface area contributed by atoms with Gasteiger partial charge in [-0.3, -0.25) is 5.43 Å². The summed E-state index contributed by atoms with van der Waals surface area (Å²) in [6, 6.07) is 16.4. The predicted molar refractivity (Wildman–Crippen MR) is 107 cm³/mol. The Hall–Kier alpha value is -3.18.